The van der Waals surface area contributed by atoms with E-state index in [9.17, 15) is 13.6 Å². The second kappa shape index (κ2) is 9.80. The average Bonchev–Trinajstić information content (AvgIpc) is 3.44. The van der Waals surface area contributed by atoms with Crippen molar-refractivity contribution in [3.8, 4) is 11.3 Å². The van der Waals surface area contributed by atoms with E-state index < -0.39 is 23.2 Å². The molecule has 0 unspecified atom stereocenters. The number of aryl methyl sites for hydroxylation is 1. The Morgan fingerprint density at radius 1 is 1.06 bits per heavy atom. The van der Waals surface area contributed by atoms with Crippen LogP contribution in [0.4, 0.5) is 14.5 Å². The maximum absolute atomic E-state index is 13.6. The molecule has 10 heteroatoms. The fourth-order valence-corrected chi connectivity index (χ4v) is 4.36. The van der Waals surface area contributed by atoms with Crippen molar-refractivity contribution in [3.63, 3.8) is 0 Å². The van der Waals surface area contributed by atoms with Crippen LogP contribution in [0.15, 0.2) is 62.8 Å². The molecule has 0 radical (unpaired) electrons. The molecular formula is C21H16F2N4O2S2. The van der Waals surface area contributed by atoms with Crippen LogP contribution in [0.2, 0.25) is 0 Å². The molecule has 1 N–H and O–H groups in total. The van der Waals surface area contributed by atoms with E-state index >= 15 is 0 Å². The summed E-state index contributed by atoms with van der Waals surface area (Å²) in [6, 6.07) is 13.3. The van der Waals surface area contributed by atoms with Gasteiger partial charge >= 0.3 is 0 Å². The number of benzene rings is 2. The molecule has 0 fully saturated rings. The van der Waals surface area contributed by atoms with E-state index in [1.54, 1.807) is 0 Å². The Morgan fingerprint density at radius 2 is 1.84 bits per heavy atom. The normalized spacial score (nSPS) is 10.9. The number of hydrogen-bond acceptors (Lipinski definition) is 7. The molecule has 158 valence electrons. The van der Waals surface area contributed by atoms with Gasteiger partial charge in [-0.3, -0.25) is 4.79 Å². The monoisotopic (exact) mass is 458 g/mol. The summed E-state index contributed by atoms with van der Waals surface area (Å²) in [4.78, 5) is 20.8. The molecule has 31 heavy (non-hydrogen) atoms. The third-order valence-corrected chi connectivity index (χ3v) is 6.20. The van der Waals surface area contributed by atoms with Gasteiger partial charge in [0.25, 0.3) is 0 Å². The van der Waals surface area contributed by atoms with Gasteiger partial charge in [0, 0.05) is 23.8 Å². The van der Waals surface area contributed by atoms with Crippen molar-refractivity contribution in [2.45, 2.75) is 22.9 Å². The summed E-state index contributed by atoms with van der Waals surface area (Å²) in [7, 11) is 0. The molecule has 0 saturated heterocycles. The molecule has 1 amide bonds. The zero-order valence-electron chi connectivity index (χ0n) is 16.0. The summed E-state index contributed by atoms with van der Waals surface area (Å²) in [5.74, 6) is -0.973. The van der Waals surface area contributed by atoms with Crippen LogP contribution in [-0.4, -0.2) is 21.0 Å². The van der Waals surface area contributed by atoms with Crippen LogP contribution >= 0.6 is 23.1 Å². The number of hydrogen-bond donors (Lipinski definition) is 1. The van der Waals surface area contributed by atoms with Crippen molar-refractivity contribution in [1.82, 2.24) is 15.1 Å². The standard InChI is InChI=1S/C21H16F2N4O2S2/c22-14-7-4-8-15(23)20(14)26-18(28)9-10-19-25-17(27-29-19)12-31-21-24-16(11-30-21)13-5-2-1-3-6-13/h1-8,11H,9-10,12H2,(H,26,28). The fourth-order valence-electron chi connectivity index (χ4n) is 2.68. The average molecular weight is 459 g/mol. The third kappa shape index (κ3) is 5.53. The fraction of sp³-hybridized carbons (Fsp3) is 0.143. The van der Waals surface area contributed by atoms with Gasteiger partial charge in [0.05, 0.1) is 11.4 Å². The zero-order chi connectivity index (χ0) is 21.6. The van der Waals surface area contributed by atoms with E-state index in [4.69, 9.17) is 4.52 Å². The molecule has 6 nitrogen and oxygen atoms in total. The van der Waals surface area contributed by atoms with Gasteiger partial charge in [-0.05, 0) is 12.1 Å². The van der Waals surface area contributed by atoms with E-state index in [1.165, 1.54) is 29.2 Å². The van der Waals surface area contributed by atoms with Crippen LogP contribution in [0.25, 0.3) is 11.3 Å². The highest BCUT2D eigenvalue weighted by molar-refractivity contribution is 8.00. The molecule has 4 rings (SSSR count). The van der Waals surface area contributed by atoms with Gasteiger partial charge in [-0.1, -0.05) is 53.3 Å². The Balaban J connectivity index is 1.27. The molecular weight excluding hydrogens is 442 g/mol. The summed E-state index contributed by atoms with van der Waals surface area (Å²) in [5.41, 5.74) is 1.51. The summed E-state index contributed by atoms with van der Waals surface area (Å²) >= 11 is 3.03. The van der Waals surface area contributed by atoms with Crippen molar-refractivity contribution in [2.75, 3.05) is 5.32 Å². The predicted molar refractivity (Wildman–Crippen MR) is 115 cm³/mol. The van der Waals surface area contributed by atoms with Crippen molar-refractivity contribution in [2.24, 2.45) is 0 Å². The van der Waals surface area contributed by atoms with Crippen LogP contribution in [0.5, 0.6) is 0 Å². The number of aromatic nitrogens is 3. The van der Waals surface area contributed by atoms with Crippen molar-refractivity contribution < 1.29 is 18.1 Å². The Hall–Kier alpha value is -3.11. The highest BCUT2D eigenvalue weighted by Gasteiger charge is 2.14. The first-order chi connectivity index (χ1) is 15.1. The van der Waals surface area contributed by atoms with E-state index in [1.807, 2.05) is 35.7 Å². The van der Waals surface area contributed by atoms with E-state index in [0.717, 1.165) is 27.7 Å². The number of amides is 1. The van der Waals surface area contributed by atoms with Gasteiger partial charge in [0.15, 0.2) is 10.2 Å². The molecule has 0 atom stereocenters. The molecule has 2 heterocycles. The summed E-state index contributed by atoms with van der Waals surface area (Å²) < 4.78 is 33.2. The number of halogens is 2. The minimum absolute atomic E-state index is 0.0462. The number of nitrogens with zero attached hydrogens (tertiary/aromatic N) is 3. The molecule has 0 bridgehead atoms. The molecule has 0 spiro atoms. The number of thioether (sulfide) groups is 1. The molecule has 0 saturated carbocycles. The Kier molecular flexibility index (Phi) is 6.68. The van der Waals surface area contributed by atoms with Gasteiger partial charge in [-0.2, -0.15) is 4.98 Å². The van der Waals surface area contributed by atoms with E-state index in [-0.39, 0.29) is 18.7 Å². The maximum atomic E-state index is 13.6. The molecule has 2 aromatic carbocycles. The van der Waals surface area contributed by atoms with Crippen LogP contribution in [0, 0.1) is 11.6 Å². The predicted octanol–water partition coefficient (Wildman–Crippen LogP) is 5.33. The molecule has 0 aliphatic carbocycles. The first kappa shape index (κ1) is 21.1. The molecule has 4 aromatic rings. The first-order valence-corrected chi connectivity index (χ1v) is 11.1. The first-order valence-electron chi connectivity index (χ1n) is 9.27. The third-order valence-electron chi connectivity index (χ3n) is 4.18. The van der Waals surface area contributed by atoms with Gasteiger partial charge in [-0.15, -0.1) is 11.3 Å². The highest BCUT2D eigenvalue weighted by Crippen LogP contribution is 2.29. The van der Waals surface area contributed by atoms with Crippen molar-refractivity contribution in [3.05, 3.63) is 77.3 Å². The zero-order valence-corrected chi connectivity index (χ0v) is 17.7. The SMILES string of the molecule is O=C(CCc1nc(CSc2nc(-c3ccccc3)cs2)no1)Nc1c(F)cccc1F. The molecule has 0 aliphatic heterocycles. The van der Waals surface area contributed by atoms with E-state index in [0.29, 0.717) is 11.6 Å². The smallest absolute Gasteiger partial charge is 0.227 e. The number of carbonyl (C=O) groups excluding carboxylic acids is 1. The molecule has 2 aromatic heterocycles. The Labute approximate surface area is 184 Å². The van der Waals surface area contributed by atoms with Gasteiger partial charge < -0.3 is 9.84 Å². The lowest BCUT2D eigenvalue weighted by molar-refractivity contribution is -0.116. The number of carbonyl (C=O) groups is 1. The second-order valence-corrected chi connectivity index (χ2v) is 8.48. The number of anilines is 1. The lowest BCUT2D eigenvalue weighted by Gasteiger charge is -2.06. The van der Waals surface area contributed by atoms with Crippen LogP contribution in [-0.2, 0) is 17.0 Å². The number of nitrogens with one attached hydrogen (secondary N) is 1. The van der Waals surface area contributed by atoms with Gasteiger partial charge in [-0.25, -0.2) is 13.8 Å². The van der Waals surface area contributed by atoms with Crippen molar-refractivity contribution in [1.29, 1.82) is 0 Å². The highest BCUT2D eigenvalue weighted by atomic mass is 32.2. The largest absolute Gasteiger partial charge is 0.339 e. The number of thiazole rings is 1. The van der Waals surface area contributed by atoms with Gasteiger partial charge in [0.1, 0.15) is 17.3 Å². The quantitative estimate of drug-likeness (QED) is 0.359. The number of rotatable bonds is 8. The second-order valence-electron chi connectivity index (χ2n) is 6.40. The summed E-state index contributed by atoms with van der Waals surface area (Å²) in [5, 5.41) is 8.13. The van der Waals surface area contributed by atoms with Gasteiger partial charge in [0.2, 0.25) is 11.8 Å². The van der Waals surface area contributed by atoms with Crippen molar-refractivity contribution >= 4 is 34.7 Å². The Morgan fingerprint density at radius 3 is 2.61 bits per heavy atom. The number of para-hydroxylation sites is 1. The minimum Gasteiger partial charge on any atom is -0.339 e. The van der Waals surface area contributed by atoms with Crippen LogP contribution < -0.4 is 5.32 Å². The van der Waals surface area contributed by atoms with Crippen LogP contribution in [0.1, 0.15) is 18.1 Å². The lowest BCUT2D eigenvalue weighted by atomic mass is 10.2. The maximum Gasteiger partial charge on any atom is 0.227 e. The summed E-state index contributed by atoms with van der Waals surface area (Å²) in [6.45, 7) is 0. The topological polar surface area (TPSA) is 80.9 Å². The van der Waals surface area contributed by atoms with Crippen LogP contribution in [0.3, 0.4) is 0 Å². The lowest BCUT2D eigenvalue weighted by Crippen LogP contribution is -2.14. The Bertz CT molecular complexity index is 1160. The minimum atomic E-state index is -0.831. The summed E-state index contributed by atoms with van der Waals surface area (Å²) in [6.07, 6.45) is 0.116. The molecule has 0 aliphatic rings. The van der Waals surface area contributed by atoms with E-state index in [2.05, 4.69) is 20.4 Å².